The fourth-order valence-corrected chi connectivity index (χ4v) is 3.82. The van der Waals surface area contributed by atoms with Crippen LogP contribution in [0.1, 0.15) is 22.4 Å². The fraction of sp³-hybridized carbons (Fsp3) is 0.292. The molecular weight excluding hydrogens is 485 g/mol. The first-order valence-corrected chi connectivity index (χ1v) is 10.9. The molecule has 12 heteroatoms. The van der Waals surface area contributed by atoms with Crippen LogP contribution in [0.5, 0.6) is 0 Å². The predicted octanol–water partition coefficient (Wildman–Crippen LogP) is 3.95. The fourth-order valence-electron chi connectivity index (χ4n) is 3.82. The van der Waals surface area contributed by atoms with Crippen molar-refractivity contribution < 1.29 is 31.5 Å². The van der Waals surface area contributed by atoms with E-state index in [4.69, 9.17) is 10.00 Å². The van der Waals surface area contributed by atoms with Crippen molar-refractivity contribution in [3.63, 3.8) is 0 Å². The third kappa shape index (κ3) is 5.31. The van der Waals surface area contributed by atoms with E-state index < -0.39 is 47.3 Å². The second-order valence-electron chi connectivity index (χ2n) is 8.19. The van der Waals surface area contributed by atoms with Gasteiger partial charge in [0.25, 0.3) is 0 Å². The Morgan fingerprint density at radius 3 is 2.14 bits per heavy atom. The van der Waals surface area contributed by atoms with E-state index in [-0.39, 0.29) is 13.1 Å². The lowest BCUT2D eigenvalue weighted by Gasteiger charge is -2.34. The molecule has 188 valence electrons. The number of rotatable bonds is 6. The van der Waals surface area contributed by atoms with Crippen LogP contribution in [-0.4, -0.2) is 51.6 Å². The van der Waals surface area contributed by atoms with Crippen LogP contribution in [0.4, 0.5) is 26.7 Å². The normalized spacial score (nSPS) is 14.1. The summed E-state index contributed by atoms with van der Waals surface area (Å²) >= 11 is 0. The van der Waals surface area contributed by atoms with Gasteiger partial charge in [-0.15, -0.1) is 0 Å². The molecule has 7 nitrogen and oxygen atoms in total. The topological polar surface area (TPSA) is 74.4 Å². The molecule has 0 atom stereocenters. The summed E-state index contributed by atoms with van der Waals surface area (Å²) in [6, 6.07) is 9.32. The van der Waals surface area contributed by atoms with E-state index in [2.05, 4.69) is 16.0 Å². The Labute approximate surface area is 202 Å². The number of benzene rings is 2. The molecule has 0 spiro atoms. The summed E-state index contributed by atoms with van der Waals surface area (Å²) in [7, 11) is 0. The Bertz CT molecular complexity index is 1270. The van der Waals surface area contributed by atoms with E-state index in [9.17, 15) is 26.7 Å². The quantitative estimate of drug-likeness (QED) is 0.288. The average molecular weight is 505 g/mol. The highest BCUT2D eigenvalue weighted by atomic mass is 19.2. The number of hydrogen-bond acceptors (Lipinski definition) is 5. The highest BCUT2D eigenvalue weighted by Gasteiger charge is 2.28. The van der Waals surface area contributed by atoms with E-state index in [1.807, 2.05) is 16.7 Å². The van der Waals surface area contributed by atoms with Gasteiger partial charge in [0.2, 0.25) is 5.82 Å². The third-order valence-electron chi connectivity index (χ3n) is 5.89. The summed E-state index contributed by atoms with van der Waals surface area (Å²) in [4.78, 5) is 19.9. The van der Waals surface area contributed by atoms with Gasteiger partial charge in [-0.2, -0.15) is 5.26 Å². The van der Waals surface area contributed by atoms with Gasteiger partial charge < -0.3 is 14.2 Å². The molecule has 0 unspecified atom stereocenters. The van der Waals surface area contributed by atoms with Gasteiger partial charge in [0.1, 0.15) is 6.61 Å². The number of imidazole rings is 1. The number of piperazine rings is 1. The molecule has 3 aromatic rings. The number of halogens is 5. The van der Waals surface area contributed by atoms with Crippen LogP contribution in [0.15, 0.2) is 36.8 Å². The largest absolute Gasteiger partial charge is 0.444 e. The summed E-state index contributed by atoms with van der Waals surface area (Å²) < 4.78 is 74.2. The van der Waals surface area contributed by atoms with Crippen molar-refractivity contribution in [1.29, 1.82) is 5.26 Å². The minimum Gasteiger partial charge on any atom is -0.444 e. The zero-order valence-corrected chi connectivity index (χ0v) is 18.9. The van der Waals surface area contributed by atoms with E-state index in [1.165, 1.54) is 4.90 Å². The smallest absolute Gasteiger partial charge is 0.410 e. The minimum atomic E-state index is -2.27. The van der Waals surface area contributed by atoms with Gasteiger partial charge in [-0.25, -0.2) is 31.7 Å². The van der Waals surface area contributed by atoms with Crippen molar-refractivity contribution in [3.05, 3.63) is 88.3 Å². The Morgan fingerprint density at radius 2 is 1.53 bits per heavy atom. The molecule has 0 N–H and O–H groups in total. The summed E-state index contributed by atoms with van der Waals surface area (Å²) in [5.41, 5.74) is 1.33. The average Bonchev–Trinajstić information content (AvgIpc) is 3.33. The molecule has 1 fully saturated rings. The van der Waals surface area contributed by atoms with E-state index >= 15 is 0 Å². The highest BCUT2D eigenvalue weighted by molar-refractivity contribution is 5.67. The van der Waals surface area contributed by atoms with E-state index in [0.717, 1.165) is 11.3 Å². The minimum absolute atomic E-state index is 0.250. The summed E-state index contributed by atoms with van der Waals surface area (Å²) in [6.07, 6.45) is 2.54. The summed E-state index contributed by atoms with van der Waals surface area (Å²) in [5, 5.41) is 8.92. The third-order valence-corrected chi connectivity index (χ3v) is 5.89. The van der Waals surface area contributed by atoms with Crippen molar-refractivity contribution in [1.82, 2.24) is 19.4 Å². The van der Waals surface area contributed by atoms with Gasteiger partial charge >= 0.3 is 6.09 Å². The van der Waals surface area contributed by atoms with Crippen LogP contribution in [0.2, 0.25) is 0 Å². The monoisotopic (exact) mass is 505 g/mol. The van der Waals surface area contributed by atoms with E-state index in [1.54, 1.807) is 24.7 Å². The van der Waals surface area contributed by atoms with Crippen molar-refractivity contribution in [2.45, 2.75) is 19.7 Å². The summed E-state index contributed by atoms with van der Waals surface area (Å²) in [5.74, 6) is -10.5. The summed E-state index contributed by atoms with van der Waals surface area (Å²) in [6.45, 7) is 1.49. The maximum atomic E-state index is 13.8. The maximum Gasteiger partial charge on any atom is 0.410 e. The first kappa shape index (κ1) is 25.1. The van der Waals surface area contributed by atoms with Gasteiger partial charge in [-0.3, -0.25) is 4.90 Å². The second-order valence-corrected chi connectivity index (χ2v) is 8.19. The molecule has 1 aromatic heterocycles. The van der Waals surface area contributed by atoms with Crippen LogP contribution < -0.4 is 0 Å². The number of ether oxygens (including phenoxy) is 1. The molecule has 1 aliphatic rings. The number of aromatic nitrogens is 2. The van der Waals surface area contributed by atoms with Crippen LogP contribution in [-0.2, 0) is 24.4 Å². The Balaban J connectivity index is 1.29. The molecule has 0 bridgehead atoms. The lowest BCUT2D eigenvalue weighted by molar-refractivity contribution is 0.0678. The number of nitrogens with zero attached hydrogens (tertiary/aromatic N) is 5. The zero-order chi connectivity index (χ0) is 25.8. The highest BCUT2D eigenvalue weighted by Crippen LogP contribution is 2.24. The molecule has 0 radical (unpaired) electrons. The van der Waals surface area contributed by atoms with Gasteiger partial charge in [-0.1, -0.05) is 12.1 Å². The Kier molecular flexibility index (Phi) is 7.49. The lowest BCUT2D eigenvalue weighted by Crippen LogP contribution is -2.48. The van der Waals surface area contributed by atoms with Gasteiger partial charge in [-0.05, 0) is 17.7 Å². The number of nitriles is 1. The Morgan fingerprint density at radius 1 is 0.917 bits per heavy atom. The number of amides is 1. The first-order chi connectivity index (χ1) is 17.3. The molecule has 4 rings (SSSR count). The molecule has 0 aliphatic carbocycles. The van der Waals surface area contributed by atoms with Crippen LogP contribution >= 0.6 is 0 Å². The molecule has 1 saturated heterocycles. The van der Waals surface area contributed by atoms with Crippen molar-refractivity contribution in [2.75, 3.05) is 26.2 Å². The molecule has 0 saturated carbocycles. The zero-order valence-electron chi connectivity index (χ0n) is 18.9. The lowest BCUT2D eigenvalue weighted by atomic mass is 10.1. The molecule has 1 aliphatic heterocycles. The number of carbonyl (C=O) groups excluding carboxylic acids is 1. The predicted molar refractivity (Wildman–Crippen MR) is 116 cm³/mol. The molecule has 36 heavy (non-hydrogen) atoms. The molecule has 2 aromatic carbocycles. The van der Waals surface area contributed by atoms with Crippen LogP contribution in [0, 0.1) is 40.4 Å². The first-order valence-electron chi connectivity index (χ1n) is 10.9. The van der Waals surface area contributed by atoms with E-state index in [0.29, 0.717) is 31.7 Å². The second kappa shape index (κ2) is 10.7. The molecular formula is C24H20F5N5O2. The van der Waals surface area contributed by atoms with Gasteiger partial charge in [0.05, 0.1) is 29.2 Å². The SMILES string of the molecule is N#Cc1ccc(Cn2cncc2CN2CCN(C(=O)OCc3c(F)c(F)c(F)c(F)c3F)CC2)cc1. The van der Waals surface area contributed by atoms with Crippen molar-refractivity contribution in [3.8, 4) is 6.07 Å². The van der Waals surface area contributed by atoms with Crippen LogP contribution in [0.25, 0.3) is 0 Å². The number of carbonyl (C=O) groups is 1. The molecule has 2 heterocycles. The molecule has 1 amide bonds. The van der Waals surface area contributed by atoms with Gasteiger partial charge in [0.15, 0.2) is 23.3 Å². The van der Waals surface area contributed by atoms with Crippen molar-refractivity contribution in [2.24, 2.45) is 0 Å². The van der Waals surface area contributed by atoms with Crippen LogP contribution in [0.3, 0.4) is 0 Å². The number of hydrogen-bond donors (Lipinski definition) is 0. The van der Waals surface area contributed by atoms with Gasteiger partial charge in [0, 0.05) is 45.5 Å². The van der Waals surface area contributed by atoms with Crippen molar-refractivity contribution >= 4 is 6.09 Å². The Hall–Kier alpha value is -3.98. The maximum absolute atomic E-state index is 13.8. The standard InChI is InChI=1S/C24H20F5N5O2/c25-19-18(20(26)22(28)23(29)21(19)27)13-36-24(35)33-7-5-32(6-8-33)12-17-10-31-14-34(17)11-16-3-1-15(9-30)2-4-16/h1-4,10,14H,5-8,11-13H2.